The summed E-state index contributed by atoms with van der Waals surface area (Å²) < 4.78 is 0. The van der Waals surface area contributed by atoms with E-state index in [0.29, 0.717) is 12.0 Å². The van der Waals surface area contributed by atoms with Gasteiger partial charge >= 0.3 is 0 Å². The molecular formula is C8H8N2O. The predicted octanol–water partition coefficient (Wildman–Crippen LogP) is 0.668. The number of ketones is 1. The van der Waals surface area contributed by atoms with Crippen LogP contribution in [0.4, 0.5) is 0 Å². The molecule has 1 heterocycles. The van der Waals surface area contributed by atoms with E-state index in [1.807, 2.05) is 0 Å². The Morgan fingerprint density at radius 2 is 2.45 bits per heavy atom. The molecule has 0 bridgehead atoms. The van der Waals surface area contributed by atoms with Crippen molar-refractivity contribution in [1.29, 1.82) is 0 Å². The molecule has 56 valence electrons. The van der Waals surface area contributed by atoms with Crippen molar-refractivity contribution >= 4 is 5.78 Å². The van der Waals surface area contributed by atoms with Crippen LogP contribution in [0.1, 0.15) is 28.5 Å². The fraction of sp³-hybridized carbons (Fsp3) is 0.250. The molecule has 0 saturated carbocycles. The van der Waals surface area contributed by atoms with Crippen molar-refractivity contribution in [2.75, 3.05) is 0 Å². The Labute approximate surface area is 64.2 Å². The average molecular weight is 148 g/mol. The monoisotopic (exact) mass is 148 g/mol. The molecule has 1 atom stereocenters. The molecule has 3 nitrogen and oxygen atoms in total. The van der Waals surface area contributed by atoms with Crippen LogP contribution in [0.25, 0.3) is 0 Å². The van der Waals surface area contributed by atoms with Gasteiger partial charge in [0, 0.05) is 18.2 Å². The van der Waals surface area contributed by atoms with E-state index in [1.165, 1.54) is 0 Å². The second-order valence-electron chi connectivity index (χ2n) is 2.67. The molecule has 11 heavy (non-hydrogen) atoms. The summed E-state index contributed by atoms with van der Waals surface area (Å²) in [6.45, 7) is 0. The van der Waals surface area contributed by atoms with Crippen molar-refractivity contribution in [3.05, 3.63) is 29.6 Å². The Hall–Kier alpha value is -1.22. The van der Waals surface area contributed by atoms with Crippen LogP contribution in [0.15, 0.2) is 18.3 Å². The first kappa shape index (κ1) is 6.49. The van der Waals surface area contributed by atoms with Crippen LogP contribution in [-0.4, -0.2) is 10.8 Å². The summed E-state index contributed by atoms with van der Waals surface area (Å²) in [5, 5.41) is 0. The van der Waals surface area contributed by atoms with Crippen LogP contribution in [0.3, 0.4) is 0 Å². The Morgan fingerprint density at radius 3 is 3.18 bits per heavy atom. The number of hydrogen-bond donors (Lipinski definition) is 1. The first-order chi connectivity index (χ1) is 5.29. The third-order valence-electron chi connectivity index (χ3n) is 1.90. The number of hydrogen-bond acceptors (Lipinski definition) is 3. The highest BCUT2D eigenvalue weighted by molar-refractivity contribution is 6.00. The summed E-state index contributed by atoms with van der Waals surface area (Å²) in [5.74, 6) is 0.112. The van der Waals surface area contributed by atoms with Crippen LogP contribution >= 0.6 is 0 Å². The minimum atomic E-state index is -0.182. The Kier molecular flexibility index (Phi) is 1.26. The molecule has 0 spiro atoms. The van der Waals surface area contributed by atoms with Crippen LogP contribution in [0.5, 0.6) is 0 Å². The zero-order valence-corrected chi connectivity index (χ0v) is 5.95. The van der Waals surface area contributed by atoms with Gasteiger partial charge in [0.25, 0.3) is 0 Å². The first-order valence-electron chi connectivity index (χ1n) is 3.53. The molecule has 1 aromatic rings. The molecule has 0 aliphatic heterocycles. The number of pyridine rings is 1. The van der Waals surface area contributed by atoms with Gasteiger partial charge in [0.15, 0.2) is 5.78 Å². The highest BCUT2D eigenvalue weighted by Gasteiger charge is 2.26. The molecule has 3 heteroatoms. The second kappa shape index (κ2) is 2.13. The molecule has 0 aromatic carbocycles. The quantitative estimate of drug-likeness (QED) is 0.588. The second-order valence-corrected chi connectivity index (χ2v) is 2.67. The van der Waals surface area contributed by atoms with E-state index in [1.54, 1.807) is 18.3 Å². The lowest BCUT2D eigenvalue weighted by Crippen LogP contribution is -2.07. The van der Waals surface area contributed by atoms with E-state index in [4.69, 9.17) is 5.73 Å². The van der Waals surface area contributed by atoms with E-state index in [0.717, 1.165) is 5.69 Å². The molecule has 2 N–H and O–H groups in total. The average Bonchev–Trinajstić information content (AvgIpc) is 2.30. The van der Waals surface area contributed by atoms with Gasteiger partial charge in [-0.3, -0.25) is 9.78 Å². The molecule has 1 aliphatic carbocycles. The highest BCUT2D eigenvalue weighted by Crippen LogP contribution is 2.26. The lowest BCUT2D eigenvalue weighted by atomic mass is 10.2. The van der Waals surface area contributed by atoms with E-state index >= 15 is 0 Å². The molecule has 2 rings (SSSR count). The van der Waals surface area contributed by atoms with Gasteiger partial charge < -0.3 is 5.73 Å². The zero-order valence-electron chi connectivity index (χ0n) is 5.95. The van der Waals surface area contributed by atoms with Gasteiger partial charge in [0.2, 0.25) is 0 Å². The maximum absolute atomic E-state index is 11.2. The molecular weight excluding hydrogens is 140 g/mol. The molecule has 1 aromatic heterocycles. The highest BCUT2D eigenvalue weighted by atomic mass is 16.1. The number of carbonyl (C=O) groups is 1. The minimum absolute atomic E-state index is 0.112. The lowest BCUT2D eigenvalue weighted by molar-refractivity contribution is 0.0989. The molecule has 0 radical (unpaired) electrons. The summed E-state index contributed by atoms with van der Waals surface area (Å²) in [5.41, 5.74) is 7.10. The predicted molar refractivity (Wildman–Crippen MR) is 40.1 cm³/mol. The Morgan fingerprint density at radius 1 is 1.64 bits per heavy atom. The van der Waals surface area contributed by atoms with Crippen molar-refractivity contribution in [3.8, 4) is 0 Å². The van der Waals surface area contributed by atoms with Gasteiger partial charge in [-0.15, -0.1) is 0 Å². The molecule has 1 aliphatic rings. The summed E-state index contributed by atoms with van der Waals surface area (Å²) in [7, 11) is 0. The van der Waals surface area contributed by atoms with Crippen molar-refractivity contribution in [2.24, 2.45) is 5.73 Å². The minimum Gasteiger partial charge on any atom is -0.322 e. The van der Waals surface area contributed by atoms with E-state index in [9.17, 15) is 4.79 Å². The molecule has 0 fully saturated rings. The molecule has 0 saturated heterocycles. The van der Waals surface area contributed by atoms with Gasteiger partial charge in [0.05, 0.1) is 11.7 Å². The number of nitrogens with two attached hydrogens (primary N) is 1. The number of Topliss-reactive ketones (excluding diaryl/α,β-unsaturated/α-hetero) is 1. The Balaban J connectivity index is 2.60. The maximum Gasteiger partial charge on any atom is 0.166 e. The van der Waals surface area contributed by atoms with Gasteiger partial charge in [-0.25, -0.2) is 0 Å². The van der Waals surface area contributed by atoms with Crippen molar-refractivity contribution in [3.63, 3.8) is 0 Å². The Bertz CT molecular complexity index is 309. The number of fused-ring (bicyclic) bond motifs is 1. The third-order valence-corrected chi connectivity index (χ3v) is 1.90. The maximum atomic E-state index is 11.2. The zero-order chi connectivity index (χ0) is 7.84. The molecule has 0 amide bonds. The van der Waals surface area contributed by atoms with Crippen LogP contribution in [0, 0.1) is 0 Å². The van der Waals surface area contributed by atoms with Crippen LogP contribution < -0.4 is 5.73 Å². The third kappa shape index (κ3) is 0.851. The van der Waals surface area contributed by atoms with E-state index in [-0.39, 0.29) is 11.8 Å². The van der Waals surface area contributed by atoms with Crippen LogP contribution in [-0.2, 0) is 0 Å². The normalized spacial score (nSPS) is 21.9. The topological polar surface area (TPSA) is 56.0 Å². The van der Waals surface area contributed by atoms with Gasteiger partial charge in [0.1, 0.15) is 0 Å². The van der Waals surface area contributed by atoms with Gasteiger partial charge in [-0.1, -0.05) is 0 Å². The summed E-state index contributed by atoms with van der Waals surface area (Å²) in [6.07, 6.45) is 2.07. The van der Waals surface area contributed by atoms with Crippen molar-refractivity contribution in [2.45, 2.75) is 12.5 Å². The van der Waals surface area contributed by atoms with Gasteiger partial charge in [-0.2, -0.15) is 0 Å². The summed E-state index contributed by atoms with van der Waals surface area (Å²) >= 11 is 0. The van der Waals surface area contributed by atoms with Crippen molar-refractivity contribution in [1.82, 2.24) is 4.98 Å². The number of nitrogens with zero attached hydrogens (tertiary/aromatic N) is 1. The summed E-state index contributed by atoms with van der Waals surface area (Å²) in [6, 6.07) is 3.35. The van der Waals surface area contributed by atoms with E-state index in [2.05, 4.69) is 4.98 Å². The smallest absolute Gasteiger partial charge is 0.166 e. The van der Waals surface area contributed by atoms with E-state index < -0.39 is 0 Å². The first-order valence-corrected chi connectivity index (χ1v) is 3.53. The standard InChI is InChI=1S/C8H8N2O/c9-6-4-7(11)5-2-1-3-10-8(5)6/h1-3,6H,4,9H2. The molecule has 1 unspecified atom stereocenters. The largest absolute Gasteiger partial charge is 0.322 e. The summed E-state index contributed by atoms with van der Waals surface area (Å²) in [4.78, 5) is 15.2. The van der Waals surface area contributed by atoms with Gasteiger partial charge in [-0.05, 0) is 12.1 Å². The van der Waals surface area contributed by atoms with Crippen LogP contribution in [0.2, 0.25) is 0 Å². The number of carbonyl (C=O) groups excluding carboxylic acids is 1. The fourth-order valence-electron chi connectivity index (χ4n) is 1.36. The van der Waals surface area contributed by atoms with Crippen molar-refractivity contribution < 1.29 is 4.79 Å². The fourth-order valence-corrected chi connectivity index (χ4v) is 1.36. The number of aromatic nitrogens is 1. The lowest BCUT2D eigenvalue weighted by Gasteiger charge is -1.98. The SMILES string of the molecule is NC1CC(=O)c2cccnc21. The number of rotatable bonds is 0.